The smallest absolute Gasteiger partial charge is 0.135 e. The molecule has 6 heteroatoms. The van der Waals surface area contributed by atoms with Crippen molar-refractivity contribution in [3.63, 3.8) is 0 Å². The Labute approximate surface area is 125 Å². The van der Waals surface area contributed by atoms with Crippen molar-refractivity contribution >= 4 is 40.8 Å². The molecule has 0 spiro atoms. The Hall–Kier alpha value is -0.970. The van der Waals surface area contributed by atoms with Gasteiger partial charge in [-0.2, -0.15) is 11.8 Å². The molecule has 0 saturated carbocycles. The molecule has 2 N–H and O–H groups in total. The molecule has 0 fully saturated rings. The molecule has 0 atom stereocenters. The van der Waals surface area contributed by atoms with Gasteiger partial charge in [0.1, 0.15) is 11.6 Å². The van der Waals surface area contributed by atoms with Gasteiger partial charge in [-0.1, -0.05) is 29.3 Å². The lowest BCUT2D eigenvalue weighted by Gasteiger charge is -2.07. The van der Waals surface area contributed by atoms with Crippen LogP contribution in [-0.4, -0.2) is 9.97 Å². The van der Waals surface area contributed by atoms with Gasteiger partial charge in [-0.15, -0.1) is 0 Å². The number of fused-ring (bicyclic) bond motifs is 1. The fraction of sp³-hybridized carbons (Fsp3) is 0.231. The molecular formula is C13H11Cl2N3S. The van der Waals surface area contributed by atoms with Gasteiger partial charge in [0.2, 0.25) is 0 Å². The summed E-state index contributed by atoms with van der Waals surface area (Å²) in [7, 11) is 0. The molecule has 0 amide bonds. The summed E-state index contributed by atoms with van der Waals surface area (Å²) in [4.78, 5) is 8.94. The lowest BCUT2D eigenvalue weighted by atomic mass is 10.1. The van der Waals surface area contributed by atoms with Crippen molar-refractivity contribution in [3.8, 4) is 0 Å². The van der Waals surface area contributed by atoms with Gasteiger partial charge in [0.25, 0.3) is 0 Å². The summed E-state index contributed by atoms with van der Waals surface area (Å²) in [5, 5.41) is 1.10. The van der Waals surface area contributed by atoms with Crippen molar-refractivity contribution in [1.82, 2.24) is 9.97 Å². The number of nitrogens with two attached hydrogens (primary N) is 1. The average Bonchev–Trinajstić information content (AvgIpc) is 2.82. The molecule has 3 rings (SSSR count). The lowest BCUT2D eigenvalue weighted by molar-refractivity contribution is 0.935. The van der Waals surface area contributed by atoms with Crippen molar-refractivity contribution < 1.29 is 0 Å². The monoisotopic (exact) mass is 311 g/mol. The molecule has 2 heterocycles. The zero-order chi connectivity index (χ0) is 13.4. The molecule has 0 unspecified atom stereocenters. The van der Waals surface area contributed by atoms with E-state index in [0.29, 0.717) is 22.3 Å². The minimum Gasteiger partial charge on any atom is -0.383 e. The Morgan fingerprint density at radius 3 is 2.79 bits per heavy atom. The maximum atomic E-state index is 6.00. The summed E-state index contributed by atoms with van der Waals surface area (Å²) in [5.74, 6) is 3.16. The third kappa shape index (κ3) is 2.66. The second-order valence-electron chi connectivity index (χ2n) is 4.37. The highest BCUT2D eigenvalue weighted by molar-refractivity contribution is 7.98. The van der Waals surface area contributed by atoms with E-state index in [1.807, 2.05) is 23.9 Å². The van der Waals surface area contributed by atoms with E-state index in [0.717, 1.165) is 34.2 Å². The predicted molar refractivity (Wildman–Crippen MR) is 80.7 cm³/mol. The standard InChI is InChI=1S/C13H11Cl2N3S/c14-9-2-1-7(3-10(9)15)4-12-17-11-6-19-5-8(11)13(16)18-12/h1-3H,4-6H2,(H2,16,17,18). The Kier molecular flexibility index (Phi) is 3.56. The van der Waals surface area contributed by atoms with Gasteiger partial charge in [0.05, 0.1) is 15.7 Å². The minimum atomic E-state index is 0.545. The van der Waals surface area contributed by atoms with Crippen LogP contribution in [0, 0.1) is 0 Å². The number of hydrogen-bond donors (Lipinski definition) is 1. The summed E-state index contributed by atoms with van der Waals surface area (Å²) >= 11 is 13.7. The van der Waals surface area contributed by atoms with Crippen LogP contribution in [0.3, 0.4) is 0 Å². The molecule has 2 aromatic rings. The molecule has 0 aliphatic carbocycles. The highest BCUT2D eigenvalue weighted by Crippen LogP contribution is 2.31. The Morgan fingerprint density at radius 2 is 2.00 bits per heavy atom. The first-order valence-corrected chi connectivity index (χ1v) is 7.70. The molecule has 0 radical (unpaired) electrons. The fourth-order valence-electron chi connectivity index (χ4n) is 2.04. The molecule has 0 saturated heterocycles. The fourth-order valence-corrected chi connectivity index (χ4v) is 3.41. The number of rotatable bonds is 2. The Bertz CT molecular complexity index is 646. The number of nitrogen functional groups attached to an aromatic ring is 1. The van der Waals surface area contributed by atoms with Crippen LogP contribution in [0.4, 0.5) is 5.82 Å². The highest BCUT2D eigenvalue weighted by Gasteiger charge is 2.18. The third-order valence-electron chi connectivity index (χ3n) is 3.00. The molecule has 1 aromatic heterocycles. The quantitative estimate of drug-likeness (QED) is 0.918. The summed E-state index contributed by atoms with van der Waals surface area (Å²) in [6.45, 7) is 0. The summed E-state index contributed by atoms with van der Waals surface area (Å²) in [5.41, 5.74) is 9.14. The van der Waals surface area contributed by atoms with Crippen molar-refractivity contribution in [2.45, 2.75) is 17.9 Å². The van der Waals surface area contributed by atoms with Gasteiger partial charge in [-0.25, -0.2) is 9.97 Å². The number of benzene rings is 1. The van der Waals surface area contributed by atoms with Crippen molar-refractivity contribution in [2.24, 2.45) is 0 Å². The third-order valence-corrected chi connectivity index (χ3v) is 4.71. The number of halogens is 2. The average molecular weight is 312 g/mol. The number of anilines is 1. The predicted octanol–water partition coefficient (Wildman–Crippen LogP) is 3.70. The Morgan fingerprint density at radius 1 is 1.16 bits per heavy atom. The van der Waals surface area contributed by atoms with E-state index in [2.05, 4.69) is 9.97 Å². The first-order valence-electron chi connectivity index (χ1n) is 5.79. The SMILES string of the molecule is Nc1nc(Cc2ccc(Cl)c(Cl)c2)nc2c1CSC2. The molecule has 1 aliphatic rings. The number of aromatic nitrogens is 2. The van der Waals surface area contributed by atoms with Crippen molar-refractivity contribution in [1.29, 1.82) is 0 Å². The van der Waals surface area contributed by atoms with Crippen LogP contribution in [0.2, 0.25) is 10.0 Å². The van der Waals surface area contributed by atoms with Gasteiger partial charge in [-0.05, 0) is 17.7 Å². The van der Waals surface area contributed by atoms with E-state index in [9.17, 15) is 0 Å². The van der Waals surface area contributed by atoms with Crippen LogP contribution in [0.15, 0.2) is 18.2 Å². The maximum Gasteiger partial charge on any atom is 0.135 e. The van der Waals surface area contributed by atoms with Crippen LogP contribution >= 0.6 is 35.0 Å². The van der Waals surface area contributed by atoms with E-state index in [4.69, 9.17) is 28.9 Å². The molecule has 19 heavy (non-hydrogen) atoms. The van der Waals surface area contributed by atoms with E-state index in [1.165, 1.54) is 0 Å². The minimum absolute atomic E-state index is 0.545. The van der Waals surface area contributed by atoms with Crippen LogP contribution in [0.5, 0.6) is 0 Å². The van der Waals surface area contributed by atoms with E-state index >= 15 is 0 Å². The largest absolute Gasteiger partial charge is 0.383 e. The topological polar surface area (TPSA) is 51.8 Å². The molecular weight excluding hydrogens is 301 g/mol. The molecule has 1 aromatic carbocycles. The first kappa shape index (κ1) is 13.0. The molecule has 1 aliphatic heterocycles. The lowest BCUT2D eigenvalue weighted by Crippen LogP contribution is -2.06. The van der Waals surface area contributed by atoms with E-state index in [-0.39, 0.29) is 0 Å². The Balaban J connectivity index is 1.91. The van der Waals surface area contributed by atoms with Gasteiger partial charge < -0.3 is 5.73 Å². The summed E-state index contributed by atoms with van der Waals surface area (Å²) in [6.07, 6.45) is 0.610. The molecule has 3 nitrogen and oxygen atoms in total. The summed E-state index contributed by atoms with van der Waals surface area (Å²) in [6, 6.07) is 5.55. The van der Waals surface area contributed by atoms with Crippen LogP contribution in [0.25, 0.3) is 0 Å². The maximum absolute atomic E-state index is 6.00. The highest BCUT2D eigenvalue weighted by atomic mass is 35.5. The first-order chi connectivity index (χ1) is 9.13. The zero-order valence-electron chi connectivity index (χ0n) is 9.99. The van der Waals surface area contributed by atoms with Gasteiger partial charge in [-0.3, -0.25) is 0 Å². The van der Waals surface area contributed by atoms with Gasteiger partial charge >= 0.3 is 0 Å². The molecule has 98 valence electrons. The second kappa shape index (κ2) is 5.19. The van der Waals surface area contributed by atoms with Crippen LogP contribution in [-0.2, 0) is 17.9 Å². The second-order valence-corrected chi connectivity index (χ2v) is 6.17. The van der Waals surface area contributed by atoms with Crippen molar-refractivity contribution in [2.75, 3.05) is 5.73 Å². The van der Waals surface area contributed by atoms with E-state index < -0.39 is 0 Å². The van der Waals surface area contributed by atoms with E-state index in [1.54, 1.807) is 6.07 Å². The summed E-state index contributed by atoms with van der Waals surface area (Å²) < 4.78 is 0. The number of thioether (sulfide) groups is 1. The van der Waals surface area contributed by atoms with Crippen molar-refractivity contribution in [3.05, 3.63) is 50.9 Å². The normalized spacial score (nSPS) is 13.6. The van der Waals surface area contributed by atoms with Crippen LogP contribution in [0.1, 0.15) is 22.6 Å². The number of nitrogens with zero attached hydrogens (tertiary/aromatic N) is 2. The zero-order valence-corrected chi connectivity index (χ0v) is 12.3. The number of hydrogen-bond acceptors (Lipinski definition) is 4. The van der Waals surface area contributed by atoms with Crippen LogP contribution < -0.4 is 5.73 Å². The van der Waals surface area contributed by atoms with Gasteiger partial charge in [0.15, 0.2) is 0 Å². The van der Waals surface area contributed by atoms with Gasteiger partial charge in [0, 0.05) is 23.5 Å². The molecule has 0 bridgehead atoms.